The third kappa shape index (κ3) is 2.37. The van der Waals surface area contributed by atoms with E-state index >= 15 is 0 Å². The van der Waals surface area contributed by atoms with Crippen LogP contribution >= 0.6 is 0 Å². The van der Waals surface area contributed by atoms with Gasteiger partial charge in [-0.25, -0.2) is 0 Å². The first kappa shape index (κ1) is 16.1. The Hall–Kier alpha value is -1.44. The van der Waals surface area contributed by atoms with E-state index in [1.807, 2.05) is 4.90 Å². The smallest absolute Gasteiger partial charge is 0.274 e. The van der Waals surface area contributed by atoms with Crippen molar-refractivity contribution in [1.29, 1.82) is 0 Å². The van der Waals surface area contributed by atoms with Crippen LogP contribution in [0.25, 0.3) is 0 Å². The third-order valence-electron chi connectivity index (χ3n) is 6.17. The first-order valence-corrected chi connectivity index (χ1v) is 9.01. The number of carbonyl (C=O) groups excluding carboxylic acids is 1. The minimum absolute atomic E-state index is 0.0255. The second-order valence-electron chi connectivity index (χ2n) is 7.31. The molecule has 0 radical (unpaired) electrons. The Morgan fingerprint density at radius 1 is 1.42 bits per heavy atom. The van der Waals surface area contributed by atoms with Crippen molar-refractivity contribution in [2.75, 3.05) is 26.2 Å². The van der Waals surface area contributed by atoms with Crippen molar-refractivity contribution in [3.63, 3.8) is 0 Å². The highest BCUT2D eigenvalue weighted by molar-refractivity contribution is 5.94. The lowest BCUT2D eigenvalue weighted by atomic mass is 9.58. The number of hydrogen-bond donors (Lipinski definition) is 3. The zero-order chi connectivity index (χ0) is 16.7. The van der Waals surface area contributed by atoms with Crippen molar-refractivity contribution in [3.8, 4) is 0 Å². The van der Waals surface area contributed by atoms with Crippen molar-refractivity contribution >= 4 is 5.91 Å². The largest absolute Gasteiger partial charge is 0.392 e. The number of amides is 1. The lowest BCUT2D eigenvalue weighted by molar-refractivity contribution is -0.208. The number of aliphatic hydroxyl groups excluding tert-OH is 1. The van der Waals surface area contributed by atoms with Gasteiger partial charge < -0.3 is 20.5 Å². The molecule has 2 fully saturated rings. The van der Waals surface area contributed by atoms with Gasteiger partial charge in [0.15, 0.2) is 5.69 Å². The number of aromatic amines is 1. The molecule has 0 bridgehead atoms. The first-order chi connectivity index (χ1) is 11.7. The minimum Gasteiger partial charge on any atom is -0.392 e. The maximum absolute atomic E-state index is 12.8. The predicted molar refractivity (Wildman–Crippen MR) is 87.6 cm³/mol. The number of piperidine rings is 1. The Kier molecular flexibility index (Phi) is 4.10. The summed E-state index contributed by atoms with van der Waals surface area (Å²) in [5.41, 5.74) is 8.15. The number of ether oxygens (including phenoxy) is 1. The minimum atomic E-state index is -0.327. The van der Waals surface area contributed by atoms with E-state index in [2.05, 4.69) is 10.2 Å². The van der Waals surface area contributed by atoms with Crippen LogP contribution in [0.1, 0.15) is 47.4 Å². The zero-order valence-corrected chi connectivity index (χ0v) is 14.0. The summed E-state index contributed by atoms with van der Waals surface area (Å²) in [6.07, 6.45) is 5.02. The Bertz CT molecular complexity index is 621. The van der Waals surface area contributed by atoms with Crippen LogP contribution in [0.2, 0.25) is 0 Å². The molecule has 1 spiro atoms. The lowest BCUT2D eigenvalue weighted by Crippen LogP contribution is -2.63. The molecule has 1 saturated carbocycles. The van der Waals surface area contributed by atoms with Crippen molar-refractivity contribution in [3.05, 3.63) is 17.0 Å². The van der Waals surface area contributed by atoms with Crippen molar-refractivity contribution in [1.82, 2.24) is 15.1 Å². The number of aryl methyl sites for hydroxylation is 1. The highest BCUT2D eigenvalue weighted by atomic mass is 16.5. The summed E-state index contributed by atoms with van der Waals surface area (Å²) < 4.78 is 5.81. The maximum Gasteiger partial charge on any atom is 0.274 e. The molecule has 24 heavy (non-hydrogen) atoms. The maximum atomic E-state index is 12.8. The molecule has 2 heterocycles. The van der Waals surface area contributed by atoms with Crippen LogP contribution in [-0.2, 0) is 17.6 Å². The molecule has 1 aromatic heterocycles. The molecule has 4 rings (SSSR count). The lowest BCUT2D eigenvalue weighted by Gasteiger charge is -2.56. The normalized spacial score (nSPS) is 28.0. The number of nitrogens with two attached hydrogens (primary N) is 1. The fourth-order valence-corrected chi connectivity index (χ4v) is 4.60. The second-order valence-corrected chi connectivity index (χ2v) is 7.31. The number of likely N-dealkylation sites (tertiary alicyclic amines) is 1. The quantitative estimate of drug-likeness (QED) is 0.731. The van der Waals surface area contributed by atoms with E-state index < -0.39 is 0 Å². The van der Waals surface area contributed by atoms with Crippen molar-refractivity contribution in [2.45, 2.75) is 50.7 Å². The van der Waals surface area contributed by atoms with Gasteiger partial charge in [0, 0.05) is 42.7 Å². The Morgan fingerprint density at radius 2 is 2.21 bits per heavy atom. The summed E-state index contributed by atoms with van der Waals surface area (Å²) in [6, 6.07) is 0. The van der Waals surface area contributed by atoms with Gasteiger partial charge in [0.2, 0.25) is 0 Å². The van der Waals surface area contributed by atoms with Crippen LogP contribution in [0.4, 0.5) is 0 Å². The monoisotopic (exact) mass is 334 g/mol. The molecule has 0 unspecified atom stereocenters. The summed E-state index contributed by atoms with van der Waals surface area (Å²) >= 11 is 0. The average molecular weight is 334 g/mol. The van der Waals surface area contributed by atoms with Crippen LogP contribution < -0.4 is 5.73 Å². The van der Waals surface area contributed by atoms with E-state index in [0.29, 0.717) is 38.4 Å². The highest BCUT2D eigenvalue weighted by Crippen LogP contribution is 2.51. The molecule has 132 valence electrons. The number of hydrogen-bond acceptors (Lipinski definition) is 5. The average Bonchev–Trinajstić information content (AvgIpc) is 3.21. The summed E-state index contributed by atoms with van der Waals surface area (Å²) in [7, 11) is 0. The van der Waals surface area contributed by atoms with Gasteiger partial charge >= 0.3 is 0 Å². The number of aromatic nitrogens is 2. The Labute approximate surface area is 141 Å². The van der Waals surface area contributed by atoms with Crippen LogP contribution in [0.15, 0.2) is 0 Å². The van der Waals surface area contributed by atoms with Crippen molar-refractivity contribution in [2.24, 2.45) is 11.1 Å². The number of rotatable bonds is 4. The zero-order valence-electron chi connectivity index (χ0n) is 14.0. The van der Waals surface area contributed by atoms with Crippen LogP contribution in [0, 0.1) is 5.41 Å². The van der Waals surface area contributed by atoms with Gasteiger partial charge in [-0.15, -0.1) is 0 Å². The molecule has 1 amide bonds. The second kappa shape index (κ2) is 6.13. The van der Waals surface area contributed by atoms with Gasteiger partial charge in [-0.3, -0.25) is 9.89 Å². The molecule has 1 aromatic rings. The Morgan fingerprint density at radius 3 is 2.92 bits per heavy atom. The molecule has 4 N–H and O–H groups in total. The number of fused-ring (bicyclic) bond motifs is 1. The third-order valence-corrected chi connectivity index (χ3v) is 6.17. The van der Waals surface area contributed by atoms with Crippen LogP contribution in [0.5, 0.6) is 0 Å². The SMILES string of the molecule is NCCO[C@@H]1C[C@H](O)C12CCN(C(=O)c1n[nH]c3c1CCC3)CC2. The molecule has 7 nitrogen and oxygen atoms in total. The highest BCUT2D eigenvalue weighted by Gasteiger charge is 2.56. The summed E-state index contributed by atoms with van der Waals surface area (Å²) in [4.78, 5) is 14.7. The van der Waals surface area contributed by atoms with Gasteiger partial charge in [-0.05, 0) is 32.1 Å². The molecular weight excluding hydrogens is 308 g/mol. The first-order valence-electron chi connectivity index (χ1n) is 9.01. The molecule has 0 aromatic carbocycles. The van der Waals surface area contributed by atoms with E-state index in [1.54, 1.807) is 0 Å². The summed E-state index contributed by atoms with van der Waals surface area (Å²) in [5, 5.41) is 17.6. The fourth-order valence-electron chi connectivity index (χ4n) is 4.60. The van der Waals surface area contributed by atoms with Gasteiger partial charge in [-0.1, -0.05) is 0 Å². The summed E-state index contributed by atoms with van der Waals surface area (Å²) in [6.45, 7) is 2.33. The number of nitrogens with zero attached hydrogens (tertiary/aromatic N) is 2. The van der Waals surface area contributed by atoms with E-state index in [1.165, 1.54) is 0 Å². The van der Waals surface area contributed by atoms with Gasteiger partial charge in [0.1, 0.15) is 0 Å². The number of H-pyrrole nitrogens is 1. The number of aliphatic hydroxyl groups is 1. The van der Waals surface area contributed by atoms with Crippen LogP contribution in [-0.4, -0.2) is 64.6 Å². The van der Waals surface area contributed by atoms with Crippen LogP contribution in [0.3, 0.4) is 0 Å². The number of carbonyl (C=O) groups is 1. The number of nitrogens with one attached hydrogen (secondary N) is 1. The van der Waals surface area contributed by atoms with E-state index in [-0.39, 0.29) is 23.5 Å². The van der Waals surface area contributed by atoms with E-state index in [9.17, 15) is 9.90 Å². The van der Waals surface area contributed by atoms with Gasteiger partial charge in [0.25, 0.3) is 5.91 Å². The molecule has 7 heteroatoms. The van der Waals surface area contributed by atoms with Crippen molar-refractivity contribution < 1.29 is 14.6 Å². The predicted octanol–water partition coefficient (Wildman–Crippen LogP) is 0.229. The standard InChI is InChI=1S/C17H26N4O3/c18-6-9-24-14-10-13(22)17(14)4-7-21(8-5-17)16(23)15-11-2-1-3-12(11)19-20-15/h13-14,22H,1-10,18H2,(H,19,20)/t13-,14+/m0/s1. The van der Waals surface area contributed by atoms with Gasteiger partial charge in [-0.2, -0.15) is 5.10 Å². The topological polar surface area (TPSA) is 104 Å². The summed E-state index contributed by atoms with van der Waals surface area (Å²) in [5.74, 6) is 0.0255. The van der Waals surface area contributed by atoms with E-state index in [0.717, 1.165) is 43.4 Å². The molecule has 2 atom stereocenters. The Balaban J connectivity index is 1.41. The molecular formula is C17H26N4O3. The van der Waals surface area contributed by atoms with E-state index in [4.69, 9.17) is 10.5 Å². The molecule has 1 aliphatic heterocycles. The molecule has 2 aliphatic carbocycles. The molecule has 1 saturated heterocycles. The molecule has 3 aliphatic rings. The van der Waals surface area contributed by atoms with Gasteiger partial charge in [0.05, 0.1) is 18.8 Å². The fraction of sp³-hybridized carbons (Fsp3) is 0.765.